The van der Waals surface area contributed by atoms with Crippen molar-refractivity contribution in [1.29, 1.82) is 0 Å². The van der Waals surface area contributed by atoms with Crippen LogP contribution in [0.4, 0.5) is 11.4 Å². The molecular weight excluding hydrogens is 390 g/mol. The van der Waals surface area contributed by atoms with Crippen molar-refractivity contribution in [1.82, 2.24) is 4.90 Å². The lowest BCUT2D eigenvalue weighted by molar-refractivity contribution is -0.114. The molecule has 2 aromatic rings. The van der Waals surface area contributed by atoms with Gasteiger partial charge in [-0.15, -0.1) is 0 Å². The topological polar surface area (TPSA) is 86.8 Å². The minimum Gasteiger partial charge on any atom is -0.339 e. The Kier molecular flexibility index (Phi) is 6.22. The first-order valence-electron chi connectivity index (χ1n) is 9.48. The van der Waals surface area contributed by atoms with Crippen molar-refractivity contribution >= 4 is 33.2 Å². The first-order chi connectivity index (χ1) is 13.8. The number of likely N-dealkylation sites (tertiary alicyclic amines) is 1. The number of nitrogens with one attached hydrogen (secondary N) is 1. The first-order valence-corrected chi connectivity index (χ1v) is 11.3. The van der Waals surface area contributed by atoms with Crippen LogP contribution in [0.2, 0.25) is 0 Å². The van der Waals surface area contributed by atoms with Crippen LogP contribution in [0, 0.1) is 6.92 Å². The zero-order chi connectivity index (χ0) is 21.0. The van der Waals surface area contributed by atoms with Crippen LogP contribution < -0.4 is 9.62 Å². The van der Waals surface area contributed by atoms with E-state index in [0.29, 0.717) is 30.0 Å². The van der Waals surface area contributed by atoms with Crippen molar-refractivity contribution in [2.75, 3.05) is 35.5 Å². The SMILES string of the molecule is Cc1cccc(N(CC(=O)Nc2ccccc2C(=O)N2CCCC2)S(C)(=O)=O)c1. The summed E-state index contributed by atoms with van der Waals surface area (Å²) in [5.41, 5.74) is 2.10. The lowest BCUT2D eigenvalue weighted by atomic mass is 10.1. The smallest absolute Gasteiger partial charge is 0.255 e. The van der Waals surface area contributed by atoms with Crippen molar-refractivity contribution in [2.45, 2.75) is 19.8 Å². The number of aryl methyl sites for hydroxylation is 1. The number of carbonyl (C=O) groups excluding carboxylic acids is 2. The quantitative estimate of drug-likeness (QED) is 0.786. The molecule has 0 unspecified atom stereocenters. The van der Waals surface area contributed by atoms with Crippen LogP contribution in [0.15, 0.2) is 48.5 Å². The minimum atomic E-state index is -3.66. The molecule has 1 fully saturated rings. The number of para-hydroxylation sites is 1. The molecule has 1 N–H and O–H groups in total. The summed E-state index contributed by atoms with van der Waals surface area (Å²) in [6.45, 7) is 2.88. The minimum absolute atomic E-state index is 0.128. The maximum atomic E-state index is 12.8. The molecule has 8 heteroatoms. The van der Waals surface area contributed by atoms with E-state index in [1.54, 1.807) is 47.4 Å². The van der Waals surface area contributed by atoms with Crippen LogP contribution in [0.5, 0.6) is 0 Å². The third-order valence-corrected chi connectivity index (χ3v) is 5.94. The molecule has 0 atom stereocenters. The number of nitrogens with zero attached hydrogens (tertiary/aromatic N) is 2. The highest BCUT2D eigenvalue weighted by molar-refractivity contribution is 7.92. The summed E-state index contributed by atoms with van der Waals surface area (Å²) >= 11 is 0. The number of amides is 2. The van der Waals surface area contributed by atoms with Crippen molar-refractivity contribution in [3.63, 3.8) is 0 Å². The highest BCUT2D eigenvalue weighted by Crippen LogP contribution is 2.22. The highest BCUT2D eigenvalue weighted by atomic mass is 32.2. The molecule has 1 heterocycles. The number of rotatable bonds is 6. The number of hydrogen-bond donors (Lipinski definition) is 1. The van der Waals surface area contributed by atoms with Gasteiger partial charge in [0.1, 0.15) is 6.54 Å². The molecule has 154 valence electrons. The molecule has 1 saturated heterocycles. The van der Waals surface area contributed by atoms with Crippen LogP contribution in [0.3, 0.4) is 0 Å². The molecule has 0 spiro atoms. The second-order valence-electron chi connectivity index (χ2n) is 7.20. The molecule has 7 nitrogen and oxygen atoms in total. The van der Waals surface area contributed by atoms with Gasteiger partial charge >= 0.3 is 0 Å². The zero-order valence-electron chi connectivity index (χ0n) is 16.6. The molecule has 0 aliphatic carbocycles. The fourth-order valence-corrected chi connectivity index (χ4v) is 4.22. The molecular formula is C21H25N3O4S. The zero-order valence-corrected chi connectivity index (χ0v) is 17.4. The van der Waals surface area contributed by atoms with Crippen LogP contribution in [0.1, 0.15) is 28.8 Å². The molecule has 0 saturated carbocycles. The maximum absolute atomic E-state index is 12.8. The molecule has 3 rings (SSSR count). The Morgan fingerprint density at radius 2 is 1.76 bits per heavy atom. The van der Waals surface area contributed by atoms with Gasteiger partial charge in [0.2, 0.25) is 15.9 Å². The van der Waals surface area contributed by atoms with Gasteiger partial charge in [-0.25, -0.2) is 8.42 Å². The fraction of sp³-hybridized carbons (Fsp3) is 0.333. The van der Waals surface area contributed by atoms with Gasteiger partial charge in [-0.05, 0) is 49.6 Å². The summed E-state index contributed by atoms with van der Waals surface area (Å²) in [5.74, 6) is -0.643. The van der Waals surface area contributed by atoms with Gasteiger partial charge in [-0.1, -0.05) is 24.3 Å². The Labute approximate surface area is 171 Å². The summed E-state index contributed by atoms with van der Waals surface area (Å²) in [6.07, 6.45) is 3.01. The lowest BCUT2D eigenvalue weighted by Crippen LogP contribution is -2.38. The molecule has 0 bridgehead atoms. The van der Waals surface area contributed by atoms with E-state index in [4.69, 9.17) is 0 Å². The van der Waals surface area contributed by atoms with Gasteiger partial charge in [0.25, 0.3) is 5.91 Å². The molecule has 2 amide bonds. The maximum Gasteiger partial charge on any atom is 0.255 e. The average Bonchev–Trinajstić information content (AvgIpc) is 3.20. The summed E-state index contributed by atoms with van der Waals surface area (Å²) in [4.78, 5) is 27.2. The number of carbonyl (C=O) groups is 2. The average molecular weight is 416 g/mol. The van der Waals surface area contributed by atoms with E-state index in [1.165, 1.54) is 0 Å². The fourth-order valence-electron chi connectivity index (χ4n) is 3.37. The number of benzene rings is 2. The summed E-state index contributed by atoms with van der Waals surface area (Å²) in [7, 11) is -3.66. The Morgan fingerprint density at radius 3 is 2.41 bits per heavy atom. The van der Waals surface area contributed by atoms with Gasteiger partial charge in [0.05, 0.1) is 23.2 Å². The van der Waals surface area contributed by atoms with Crippen molar-refractivity contribution < 1.29 is 18.0 Å². The van der Waals surface area contributed by atoms with E-state index in [1.807, 2.05) is 13.0 Å². The van der Waals surface area contributed by atoms with Crippen LogP contribution in [-0.4, -0.2) is 51.0 Å². The van der Waals surface area contributed by atoms with Gasteiger partial charge in [-0.3, -0.25) is 13.9 Å². The van der Waals surface area contributed by atoms with Crippen LogP contribution in [0.25, 0.3) is 0 Å². The standard InChI is InChI=1S/C21H25N3O4S/c1-16-8-7-9-17(14-16)24(29(2,27)28)15-20(25)22-19-11-4-3-10-18(19)21(26)23-12-5-6-13-23/h3-4,7-11,14H,5-6,12-13,15H2,1-2H3,(H,22,25). The van der Waals surface area contributed by atoms with Crippen molar-refractivity contribution in [3.8, 4) is 0 Å². The highest BCUT2D eigenvalue weighted by Gasteiger charge is 2.24. The molecule has 1 aliphatic heterocycles. The largest absolute Gasteiger partial charge is 0.339 e. The van der Waals surface area contributed by atoms with Crippen LogP contribution >= 0.6 is 0 Å². The molecule has 2 aromatic carbocycles. The van der Waals surface area contributed by atoms with E-state index in [2.05, 4.69) is 5.32 Å². The predicted octanol–water partition coefficient (Wildman–Crippen LogP) is 2.64. The Hall–Kier alpha value is -2.87. The summed E-state index contributed by atoms with van der Waals surface area (Å²) < 4.78 is 25.6. The molecule has 29 heavy (non-hydrogen) atoms. The van der Waals surface area contributed by atoms with E-state index in [-0.39, 0.29) is 12.5 Å². The van der Waals surface area contributed by atoms with Gasteiger partial charge < -0.3 is 10.2 Å². The number of sulfonamides is 1. The van der Waals surface area contributed by atoms with Gasteiger partial charge in [0.15, 0.2) is 0 Å². The third kappa shape index (κ3) is 5.14. The first kappa shape index (κ1) is 20.9. The van der Waals surface area contributed by atoms with Gasteiger partial charge in [0, 0.05) is 13.1 Å². The summed E-state index contributed by atoms with van der Waals surface area (Å²) in [6, 6.07) is 13.7. The molecule has 0 radical (unpaired) electrons. The Bertz CT molecular complexity index is 1010. The second-order valence-corrected chi connectivity index (χ2v) is 9.11. The predicted molar refractivity (Wildman–Crippen MR) is 114 cm³/mol. The molecule has 1 aliphatic rings. The van der Waals surface area contributed by atoms with E-state index in [9.17, 15) is 18.0 Å². The second kappa shape index (κ2) is 8.65. The van der Waals surface area contributed by atoms with E-state index in [0.717, 1.165) is 29.0 Å². The molecule has 0 aromatic heterocycles. The van der Waals surface area contributed by atoms with Gasteiger partial charge in [-0.2, -0.15) is 0 Å². The van der Waals surface area contributed by atoms with Crippen LogP contribution in [-0.2, 0) is 14.8 Å². The Balaban J connectivity index is 1.80. The summed E-state index contributed by atoms with van der Waals surface area (Å²) in [5, 5.41) is 2.71. The van der Waals surface area contributed by atoms with Crippen molar-refractivity contribution in [3.05, 3.63) is 59.7 Å². The lowest BCUT2D eigenvalue weighted by Gasteiger charge is -2.23. The van der Waals surface area contributed by atoms with E-state index < -0.39 is 15.9 Å². The third-order valence-electron chi connectivity index (χ3n) is 4.80. The van der Waals surface area contributed by atoms with Crippen molar-refractivity contribution in [2.24, 2.45) is 0 Å². The Morgan fingerprint density at radius 1 is 1.07 bits per heavy atom. The van der Waals surface area contributed by atoms with E-state index >= 15 is 0 Å². The monoisotopic (exact) mass is 415 g/mol. The number of hydrogen-bond acceptors (Lipinski definition) is 4. The normalized spacial score (nSPS) is 13.9. The number of anilines is 2.